The zero-order valence-electron chi connectivity index (χ0n) is 14.8. The summed E-state index contributed by atoms with van der Waals surface area (Å²) in [6, 6.07) is 6.57. The van der Waals surface area contributed by atoms with E-state index >= 15 is 0 Å². The van der Waals surface area contributed by atoms with Gasteiger partial charge in [-0.25, -0.2) is 0 Å². The Morgan fingerprint density at radius 2 is 2.12 bits per heavy atom. The maximum Gasteiger partial charge on any atom is 0.237 e. The summed E-state index contributed by atoms with van der Waals surface area (Å²) in [7, 11) is 1.59. The molecule has 26 heavy (non-hydrogen) atoms. The van der Waals surface area contributed by atoms with E-state index in [0.717, 1.165) is 18.5 Å². The van der Waals surface area contributed by atoms with Crippen LogP contribution >= 0.6 is 12.4 Å². The second kappa shape index (κ2) is 9.21. The van der Waals surface area contributed by atoms with Gasteiger partial charge in [-0.05, 0) is 30.9 Å². The van der Waals surface area contributed by atoms with E-state index in [-0.39, 0.29) is 42.6 Å². The summed E-state index contributed by atoms with van der Waals surface area (Å²) in [4.78, 5) is 26.4. The molecule has 0 aliphatic carbocycles. The number of hydrogen-bond acceptors (Lipinski definition) is 5. The maximum absolute atomic E-state index is 12.4. The molecule has 0 spiro atoms. The molecule has 0 saturated carbocycles. The van der Waals surface area contributed by atoms with E-state index in [9.17, 15) is 9.59 Å². The number of carbonyl (C=O) groups excluding carboxylic acids is 2. The molecule has 3 N–H and O–H groups in total. The third-order valence-corrected chi connectivity index (χ3v) is 4.91. The Bertz CT molecular complexity index is 637. The van der Waals surface area contributed by atoms with Crippen molar-refractivity contribution in [3.05, 3.63) is 24.3 Å². The number of halogens is 1. The summed E-state index contributed by atoms with van der Waals surface area (Å²) in [5.41, 5.74) is 6.88. The number of nitrogens with two attached hydrogens (primary N) is 1. The molecule has 2 saturated heterocycles. The zero-order chi connectivity index (χ0) is 17.8. The maximum atomic E-state index is 12.4. The van der Waals surface area contributed by atoms with Gasteiger partial charge in [-0.2, -0.15) is 0 Å². The van der Waals surface area contributed by atoms with Gasteiger partial charge in [0, 0.05) is 37.9 Å². The molecule has 7 nitrogen and oxygen atoms in total. The Kier molecular flexibility index (Phi) is 7.25. The van der Waals surface area contributed by atoms with Crippen LogP contribution in [0.25, 0.3) is 0 Å². The first kappa shape index (κ1) is 20.5. The van der Waals surface area contributed by atoms with Gasteiger partial charge in [0.2, 0.25) is 11.8 Å². The highest BCUT2D eigenvalue weighted by Crippen LogP contribution is 2.25. The monoisotopic (exact) mass is 383 g/mol. The molecule has 1 aromatic rings. The van der Waals surface area contributed by atoms with Crippen LogP contribution in [-0.2, 0) is 14.3 Å². The van der Waals surface area contributed by atoms with Gasteiger partial charge in [0.25, 0.3) is 0 Å². The summed E-state index contributed by atoms with van der Waals surface area (Å²) >= 11 is 0. The molecule has 2 atom stereocenters. The molecule has 0 radical (unpaired) electrons. The lowest BCUT2D eigenvalue weighted by atomic mass is 9.91. The largest absolute Gasteiger partial charge is 0.497 e. The van der Waals surface area contributed by atoms with E-state index in [1.807, 2.05) is 24.3 Å². The van der Waals surface area contributed by atoms with Gasteiger partial charge in [0.1, 0.15) is 5.75 Å². The van der Waals surface area contributed by atoms with Crippen LogP contribution in [-0.4, -0.2) is 50.8 Å². The van der Waals surface area contributed by atoms with Crippen molar-refractivity contribution in [2.24, 2.45) is 11.7 Å². The lowest BCUT2D eigenvalue weighted by Crippen LogP contribution is -2.50. The van der Waals surface area contributed by atoms with Gasteiger partial charge in [0.15, 0.2) is 0 Å². The Hall–Kier alpha value is -1.83. The van der Waals surface area contributed by atoms with Crippen LogP contribution in [0.1, 0.15) is 19.3 Å². The Morgan fingerprint density at radius 1 is 1.38 bits per heavy atom. The molecule has 1 aromatic carbocycles. The van der Waals surface area contributed by atoms with Crippen LogP contribution in [0.5, 0.6) is 5.75 Å². The first-order valence-corrected chi connectivity index (χ1v) is 8.66. The highest BCUT2D eigenvalue weighted by atomic mass is 35.5. The quantitative estimate of drug-likeness (QED) is 0.793. The molecule has 2 amide bonds. The first-order valence-electron chi connectivity index (χ1n) is 8.66. The number of amides is 2. The molecule has 3 rings (SSSR count). The minimum absolute atomic E-state index is 0. The van der Waals surface area contributed by atoms with Gasteiger partial charge >= 0.3 is 0 Å². The Balaban J connectivity index is 0.00000243. The molecule has 0 aromatic heterocycles. The lowest BCUT2D eigenvalue weighted by Gasteiger charge is -2.27. The van der Waals surface area contributed by atoms with Gasteiger partial charge in [-0.1, -0.05) is 6.07 Å². The number of nitrogens with zero attached hydrogens (tertiary/aromatic N) is 1. The van der Waals surface area contributed by atoms with Gasteiger partial charge in [-0.3, -0.25) is 9.59 Å². The van der Waals surface area contributed by atoms with E-state index < -0.39 is 6.04 Å². The molecule has 2 aliphatic rings. The van der Waals surface area contributed by atoms with Crippen molar-refractivity contribution in [3.8, 4) is 5.75 Å². The number of ether oxygens (including phenoxy) is 2. The normalized spacial score (nSPS) is 21.8. The van der Waals surface area contributed by atoms with E-state index in [1.54, 1.807) is 12.0 Å². The number of anilines is 1. The predicted octanol–water partition coefficient (Wildman–Crippen LogP) is 1.09. The SMILES string of the molecule is COc1cccc(N2CC(NC(=O)C(N)C3CCOCC3)CC2=O)c1.Cl. The Morgan fingerprint density at radius 3 is 2.81 bits per heavy atom. The van der Waals surface area contributed by atoms with Crippen molar-refractivity contribution in [1.29, 1.82) is 0 Å². The highest BCUT2D eigenvalue weighted by molar-refractivity contribution is 5.97. The third kappa shape index (κ3) is 4.66. The van der Waals surface area contributed by atoms with Crippen molar-refractivity contribution < 1.29 is 19.1 Å². The van der Waals surface area contributed by atoms with E-state index in [2.05, 4.69) is 5.32 Å². The van der Waals surface area contributed by atoms with Crippen LogP contribution in [0.4, 0.5) is 5.69 Å². The smallest absolute Gasteiger partial charge is 0.237 e. The highest BCUT2D eigenvalue weighted by Gasteiger charge is 2.34. The van der Waals surface area contributed by atoms with Gasteiger partial charge in [-0.15, -0.1) is 12.4 Å². The number of benzene rings is 1. The molecule has 144 valence electrons. The number of methoxy groups -OCH3 is 1. The topological polar surface area (TPSA) is 93.9 Å². The number of carbonyl (C=O) groups is 2. The molecule has 2 unspecified atom stereocenters. The minimum Gasteiger partial charge on any atom is -0.497 e. The molecule has 0 bridgehead atoms. The number of rotatable bonds is 5. The summed E-state index contributed by atoms with van der Waals surface area (Å²) < 4.78 is 10.5. The van der Waals surface area contributed by atoms with Crippen molar-refractivity contribution in [2.75, 3.05) is 31.8 Å². The van der Waals surface area contributed by atoms with Crippen LogP contribution in [0.2, 0.25) is 0 Å². The zero-order valence-corrected chi connectivity index (χ0v) is 15.7. The van der Waals surface area contributed by atoms with E-state index in [1.165, 1.54) is 0 Å². The van der Waals surface area contributed by atoms with E-state index in [4.69, 9.17) is 15.2 Å². The van der Waals surface area contributed by atoms with Crippen LogP contribution in [0, 0.1) is 5.92 Å². The molecular weight excluding hydrogens is 358 g/mol. The van der Waals surface area contributed by atoms with Crippen molar-refractivity contribution >= 4 is 29.9 Å². The summed E-state index contributed by atoms with van der Waals surface area (Å²) in [5.74, 6) is 0.634. The number of hydrogen-bond donors (Lipinski definition) is 2. The third-order valence-electron chi connectivity index (χ3n) is 4.91. The Labute approximate surface area is 159 Å². The summed E-state index contributed by atoms with van der Waals surface area (Å²) in [6.45, 7) is 1.74. The van der Waals surface area contributed by atoms with Crippen LogP contribution < -0.4 is 20.7 Å². The van der Waals surface area contributed by atoms with E-state index in [0.29, 0.717) is 25.5 Å². The first-order chi connectivity index (χ1) is 12.1. The molecule has 2 heterocycles. The standard InChI is InChI=1S/C18H25N3O4.ClH/c1-24-15-4-2-3-14(10-15)21-11-13(9-16(21)22)20-18(23)17(19)12-5-7-25-8-6-12;/h2-4,10,12-13,17H,5-9,11,19H2,1H3,(H,20,23);1H. The average Bonchev–Trinajstić information content (AvgIpc) is 3.02. The average molecular weight is 384 g/mol. The second-order valence-corrected chi connectivity index (χ2v) is 6.59. The second-order valence-electron chi connectivity index (χ2n) is 6.59. The predicted molar refractivity (Wildman–Crippen MR) is 101 cm³/mol. The molecule has 2 fully saturated rings. The van der Waals surface area contributed by atoms with Crippen molar-refractivity contribution in [2.45, 2.75) is 31.3 Å². The molecular formula is C18H26ClN3O4. The van der Waals surface area contributed by atoms with Gasteiger partial charge < -0.3 is 25.4 Å². The van der Waals surface area contributed by atoms with Gasteiger partial charge in [0.05, 0.1) is 19.2 Å². The fourth-order valence-electron chi connectivity index (χ4n) is 3.42. The summed E-state index contributed by atoms with van der Waals surface area (Å²) in [6.07, 6.45) is 1.88. The number of nitrogens with one attached hydrogen (secondary N) is 1. The fourth-order valence-corrected chi connectivity index (χ4v) is 3.42. The fraction of sp³-hybridized carbons (Fsp3) is 0.556. The van der Waals surface area contributed by atoms with Crippen LogP contribution in [0.15, 0.2) is 24.3 Å². The lowest BCUT2D eigenvalue weighted by molar-refractivity contribution is -0.125. The van der Waals surface area contributed by atoms with Crippen molar-refractivity contribution in [3.63, 3.8) is 0 Å². The van der Waals surface area contributed by atoms with Crippen molar-refractivity contribution in [1.82, 2.24) is 5.32 Å². The summed E-state index contributed by atoms with van der Waals surface area (Å²) in [5, 5.41) is 2.94. The van der Waals surface area contributed by atoms with Crippen LogP contribution in [0.3, 0.4) is 0 Å². The molecule has 2 aliphatic heterocycles. The minimum atomic E-state index is -0.551. The molecule has 8 heteroatoms.